The highest BCUT2D eigenvalue weighted by atomic mass is 19.4. The molecular formula is C28H32F4N6O2. The summed E-state index contributed by atoms with van der Waals surface area (Å²) in [6.45, 7) is 6.25. The van der Waals surface area contributed by atoms with Gasteiger partial charge in [0.15, 0.2) is 18.2 Å². The Morgan fingerprint density at radius 1 is 1.15 bits per heavy atom. The number of hydrogen-bond donors (Lipinski definition) is 4. The van der Waals surface area contributed by atoms with E-state index < -0.39 is 30.1 Å². The average molecular weight is 561 g/mol. The van der Waals surface area contributed by atoms with Crippen LogP contribution in [0.15, 0.2) is 48.7 Å². The second-order valence-electron chi connectivity index (χ2n) is 8.72. The van der Waals surface area contributed by atoms with E-state index in [4.69, 9.17) is 15.9 Å². The van der Waals surface area contributed by atoms with E-state index in [-0.39, 0.29) is 29.4 Å². The van der Waals surface area contributed by atoms with E-state index in [1.54, 1.807) is 12.1 Å². The molecule has 5 N–H and O–H groups in total. The number of nitrogens with two attached hydrogens (primary N) is 1. The van der Waals surface area contributed by atoms with Crippen LogP contribution in [0.5, 0.6) is 5.75 Å². The smallest absolute Gasteiger partial charge is 0.416 e. The zero-order chi connectivity index (χ0) is 29.3. The summed E-state index contributed by atoms with van der Waals surface area (Å²) in [6, 6.07) is 9.30. The van der Waals surface area contributed by atoms with Crippen LogP contribution in [0.2, 0.25) is 0 Å². The molecule has 0 radical (unpaired) electrons. The van der Waals surface area contributed by atoms with Crippen molar-refractivity contribution in [1.82, 2.24) is 15.2 Å². The Balaban J connectivity index is 0.00000216. The van der Waals surface area contributed by atoms with Crippen LogP contribution in [-0.4, -0.2) is 54.8 Å². The molecule has 40 heavy (non-hydrogen) atoms. The number of aromatic nitrogens is 1. The predicted octanol–water partition coefficient (Wildman–Crippen LogP) is 4.94. The summed E-state index contributed by atoms with van der Waals surface area (Å²) in [5.74, 6) is -1.52. The van der Waals surface area contributed by atoms with Gasteiger partial charge in [-0.2, -0.15) is 13.2 Å². The quantitative estimate of drug-likeness (QED) is 0.229. The third-order valence-corrected chi connectivity index (χ3v) is 6.03. The molecule has 214 valence electrons. The lowest BCUT2D eigenvalue weighted by Crippen LogP contribution is -2.43. The zero-order valence-electron chi connectivity index (χ0n) is 22.2. The number of anilines is 2. The summed E-state index contributed by atoms with van der Waals surface area (Å²) in [5.41, 5.74) is 6.31. The second kappa shape index (κ2) is 13.9. The summed E-state index contributed by atoms with van der Waals surface area (Å²) in [4.78, 5) is 18.3. The monoisotopic (exact) mass is 560 g/mol. The predicted molar refractivity (Wildman–Crippen MR) is 147 cm³/mol. The molecule has 1 aromatic heterocycles. The van der Waals surface area contributed by atoms with Gasteiger partial charge < -0.3 is 26.5 Å². The second-order valence-corrected chi connectivity index (χ2v) is 8.72. The number of amides is 1. The number of carbonyl (C=O) groups is 1. The van der Waals surface area contributed by atoms with Crippen molar-refractivity contribution in [1.29, 1.82) is 5.41 Å². The van der Waals surface area contributed by atoms with Crippen molar-refractivity contribution in [2.45, 2.75) is 26.6 Å². The van der Waals surface area contributed by atoms with Gasteiger partial charge in [-0.05, 0) is 41.5 Å². The molecule has 12 heteroatoms. The van der Waals surface area contributed by atoms with Crippen LogP contribution in [0.1, 0.15) is 30.5 Å². The van der Waals surface area contributed by atoms with Crippen molar-refractivity contribution in [2.24, 2.45) is 0 Å². The maximum atomic E-state index is 14.6. The molecule has 4 rings (SSSR count). The molecule has 1 aliphatic rings. The fourth-order valence-corrected chi connectivity index (χ4v) is 4.07. The molecule has 0 aliphatic carbocycles. The molecule has 1 amide bonds. The van der Waals surface area contributed by atoms with Gasteiger partial charge in [-0.25, -0.2) is 9.37 Å². The lowest BCUT2D eigenvalue weighted by Gasteiger charge is -2.28. The highest BCUT2D eigenvalue weighted by Crippen LogP contribution is 2.34. The minimum atomic E-state index is -4.59. The van der Waals surface area contributed by atoms with Gasteiger partial charge in [0.2, 0.25) is 0 Å². The van der Waals surface area contributed by atoms with E-state index >= 15 is 0 Å². The van der Waals surface area contributed by atoms with Crippen molar-refractivity contribution in [2.75, 3.05) is 43.8 Å². The van der Waals surface area contributed by atoms with Crippen molar-refractivity contribution >= 4 is 23.6 Å². The van der Waals surface area contributed by atoms with Gasteiger partial charge in [0.25, 0.3) is 5.91 Å². The molecule has 0 unspecified atom stereocenters. The lowest BCUT2D eigenvalue weighted by atomic mass is 10.0. The summed E-state index contributed by atoms with van der Waals surface area (Å²) in [7, 11) is 0. The Morgan fingerprint density at radius 3 is 2.52 bits per heavy atom. The summed E-state index contributed by atoms with van der Waals surface area (Å²) >= 11 is 0. The number of ether oxygens (including phenoxy) is 1. The minimum absolute atomic E-state index is 0.0383. The van der Waals surface area contributed by atoms with Gasteiger partial charge >= 0.3 is 6.18 Å². The molecule has 0 spiro atoms. The molecule has 1 aliphatic heterocycles. The highest BCUT2D eigenvalue weighted by Gasteiger charge is 2.34. The van der Waals surface area contributed by atoms with E-state index in [9.17, 15) is 22.4 Å². The molecule has 1 fully saturated rings. The normalized spacial score (nSPS) is 13.7. The number of carbonyl (C=O) groups excluding carboxylic acids is 1. The molecular weight excluding hydrogens is 528 g/mol. The number of pyridine rings is 1. The van der Waals surface area contributed by atoms with Gasteiger partial charge in [-0.3, -0.25) is 9.69 Å². The lowest BCUT2D eigenvalue weighted by molar-refractivity contribution is -0.138. The summed E-state index contributed by atoms with van der Waals surface area (Å²) < 4.78 is 61.0. The first-order chi connectivity index (χ1) is 19.1. The van der Waals surface area contributed by atoms with Gasteiger partial charge in [0.05, 0.1) is 5.56 Å². The molecule has 0 saturated carbocycles. The number of rotatable bonds is 8. The van der Waals surface area contributed by atoms with Crippen molar-refractivity contribution in [3.63, 3.8) is 0 Å². The van der Waals surface area contributed by atoms with Crippen molar-refractivity contribution < 1.29 is 27.1 Å². The standard InChI is InChI=1S/C26H26F4N6O2.C2H6/c27-22-10-16(19-9-18(12-31)25(32)34-13-19)2-4-23(22)38-15-24(37)35-20-3-1-17(21(11-20)26(28,29)30)14-36-7-5-33-6-8-36;1-2/h1-4,9-13,31,33H,5-8,14-15H2,(H2,32,34)(H,35,37);1-2H3. The molecule has 2 aromatic carbocycles. The summed E-state index contributed by atoms with van der Waals surface area (Å²) in [6.07, 6.45) is -2.11. The number of halogens is 4. The van der Waals surface area contributed by atoms with E-state index in [1.165, 1.54) is 30.5 Å². The number of hydrogen-bond acceptors (Lipinski definition) is 7. The van der Waals surface area contributed by atoms with E-state index in [0.717, 1.165) is 12.3 Å². The van der Waals surface area contributed by atoms with Crippen LogP contribution in [0.4, 0.5) is 29.1 Å². The van der Waals surface area contributed by atoms with Crippen LogP contribution in [0.3, 0.4) is 0 Å². The third-order valence-electron chi connectivity index (χ3n) is 6.03. The number of nitrogens with one attached hydrogen (secondary N) is 3. The molecule has 8 nitrogen and oxygen atoms in total. The van der Waals surface area contributed by atoms with E-state index in [0.29, 0.717) is 42.9 Å². The van der Waals surface area contributed by atoms with Crippen molar-refractivity contribution in [3.8, 4) is 16.9 Å². The molecule has 1 saturated heterocycles. The van der Waals surface area contributed by atoms with Crippen molar-refractivity contribution in [3.05, 3.63) is 71.2 Å². The first-order valence-corrected chi connectivity index (χ1v) is 12.8. The number of nitrogens with zero attached hydrogens (tertiary/aromatic N) is 2. The molecule has 2 heterocycles. The van der Waals surface area contributed by atoms with E-state index in [1.807, 2.05) is 18.7 Å². The minimum Gasteiger partial charge on any atom is -0.481 e. The first-order valence-electron chi connectivity index (χ1n) is 12.8. The molecule has 3 aromatic rings. The Morgan fingerprint density at radius 2 is 1.88 bits per heavy atom. The Bertz CT molecular complexity index is 1330. The SMILES string of the molecule is CC.N=Cc1cc(-c2ccc(OCC(=O)Nc3ccc(CN4CCNCC4)c(C(F)(F)F)c3)c(F)c2)cnc1N. The van der Waals surface area contributed by atoms with Crippen LogP contribution in [-0.2, 0) is 17.5 Å². The van der Waals surface area contributed by atoms with Gasteiger partial charge in [0, 0.05) is 61.9 Å². The maximum absolute atomic E-state index is 14.6. The third kappa shape index (κ3) is 7.99. The first kappa shape index (κ1) is 30.5. The van der Waals surface area contributed by atoms with Crippen LogP contribution in [0, 0.1) is 11.2 Å². The molecule has 0 atom stereocenters. The summed E-state index contributed by atoms with van der Waals surface area (Å²) in [5, 5.41) is 12.9. The zero-order valence-corrected chi connectivity index (χ0v) is 22.2. The van der Waals surface area contributed by atoms with Crippen LogP contribution >= 0.6 is 0 Å². The average Bonchev–Trinajstić information content (AvgIpc) is 2.94. The number of benzene rings is 2. The fourth-order valence-electron chi connectivity index (χ4n) is 4.07. The number of piperazine rings is 1. The molecule has 0 bridgehead atoms. The van der Waals surface area contributed by atoms with Gasteiger partial charge in [0.1, 0.15) is 5.82 Å². The number of alkyl halides is 3. The fraction of sp³-hybridized carbons (Fsp3) is 0.321. The maximum Gasteiger partial charge on any atom is 0.416 e. The van der Waals surface area contributed by atoms with Crippen LogP contribution in [0.25, 0.3) is 11.1 Å². The Kier molecular flexibility index (Phi) is 10.6. The van der Waals surface area contributed by atoms with Crippen LogP contribution < -0.4 is 21.1 Å². The topological polar surface area (TPSA) is 116 Å². The Hall–Kier alpha value is -4.03. The largest absolute Gasteiger partial charge is 0.481 e. The number of nitrogen functional groups attached to an aromatic ring is 1. The van der Waals surface area contributed by atoms with E-state index in [2.05, 4.69) is 15.6 Å². The Labute approximate surface area is 230 Å². The van der Waals surface area contributed by atoms with Gasteiger partial charge in [-0.15, -0.1) is 0 Å². The van der Waals surface area contributed by atoms with Gasteiger partial charge in [-0.1, -0.05) is 26.0 Å². The highest BCUT2D eigenvalue weighted by molar-refractivity contribution is 5.92.